The number of thiazole rings is 1. The summed E-state index contributed by atoms with van der Waals surface area (Å²) >= 11 is 1.52. The summed E-state index contributed by atoms with van der Waals surface area (Å²) in [5, 5.41) is 3.46. The van der Waals surface area contributed by atoms with Crippen molar-refractivity contribution in [3.05, 3.63) is 40.4 Å². The molecule has 9 heteroatoms. The van der Waals surface area contributed by atoms with E-state index >= 15 is 0 Å². The Labute approximate surface area is 175 Å². The summed E-state index contributed by atoms with van der Waals surface area (Å²) in [4.78, 5) is 21.0. The zero-order valence-corrected chi connectivity index (χ0v) is 18.2. The van der Waals surface area contributed by atoms with Crippen LogP contribution in [0.5, 0.6) is 0 Å². The monoisotopic (exact) mass is 434 g/mol. The van der Waals surface area contributed by atoms with Gasteiger partial charge in [-0.25, -0.2) is 13.4 Å². The Morgan fingerprint density at radius 3 is 2.55 bits per heavy atom. The van der Waals surface area contributed by atoms with Gasteiger partial charge in [0.05, 0.1) is 10.6 Å². The molecule has 1 aromatic heterocycles. The fraction of sp³-hybridized carbons (Fsp3) is 0.500. The lowest BCUT2D eigenvalue weighted by Gasteiger charge is -2.25. The topological polar surface area (TPSA) is 82.6 Å². The molecule has 4 rings (SSSR count). The number of carbonyl (C=O) groups is 1. The molecule has 1 amide bonds. The van der Waals surface area contributed by atoms with Gasteiger partial charge in [-0.3, -0.25) is 15.0 Å². The number of rotatable bonds is 5. The highest BCUT2D eigenvalue weighted by molar-refractivity contribution is 7.89. The number of benzene rings is 1. The summed E-state index contributed by atoms with van der Waals surface area (Å²) in [6.07, 6.45) is 3.77. The number of hydrogen-bond acceptors (Lipinski definition) is 6. The van der Waals surface area contributed by atoms with Crippen LogP contribution < -0.4 is 5.32 Å². The third-order valence-corrected chi connectivity index (χ3v) is 8.46. The van der Waals surface area contributed by atoms with Gasteiger partial charge in [-0.15, -0.1) is 11.3 Å². The van der Waals surface area contributed by atoms with Gasteiger partial charge in [-0.05, 0) is 43.7 Å². The van der Waals surface area contributed by atoms with Crippen molar-refractivity contribution in [2.24, 2.45) is 0 Å². The largest absolute Gasteiger partial charge is 0.298 e. The highest BCUT2D eigenvalue weighted by Crippen LogP contribution is 2.28. The summed E-state index contributed by atoms with van der Waals surface area (Å²) < 4.78 is 27.0. The molecule has 0 spiro atoms. The van der Waals surface area contributed by atoms with Gasteiger partial charge in [-0.1, -0.05) is 13.3 Å². The van der Waals surface area contributed by atoms with E-state index in [2.05, 4.69) is 22.1 Å². The third kappa shape index (κ3) is 4.37. The van der Waals surface area contributed by atoms with Crippen LogP contribution in [0.25, 0.3) is 0 Å². The van der Waals surface area contributed by atoms with Gasteiger partial charge in [0.15, 0.2) is 5.13 Å². The number of nitrogens with zero attached hydrogens (tertiary/aromatic N) is 3. The molecule has 2 aromatic rings. The number of hydrogen-bond donors (Lipinski definition) is 1. The summed E-state index contributed by atoms with van der Waals surface area (Å²) in [7, 11) is -3.49. The van der Waals surface area contributed by atoms with Crippen LogP contribution in [-0.2, 0) is 23.0 Å². The molecule has 0 bridgehead atoms. The first kappa shape index (κ1) is 20.5. The molecular formula is C20H26N4O3S2. The highest BCUT2D eigenvalue weighted by Gasteiger charge is 2.26. The maximum absolute atomic E-state index is 12.7. The lowest BCUT2D eigenvalue weighted by molar-refractivity contribution is 0.102. The Morgan fingerprint density at radius 1 is 1.14 bits per heavy atom. The molecule has 2 aliphatic rings. The van der Waals surface area contributed by atoms with Crippen LogP contribution in [-0.4, -0.2) is 54.7 Å². The molecule has 0 unspecified atom stereocenters. The number of amides is 1. The van der Waals surface area contributed by atoms with E-state index in [0.29, 0.717) is 23.8 Å². The van der Waals surface area contributed by atoms with Crippen molar-refractivity contribution in [1.29, 1.82) is 0 Å². The summed E-state index contributed by atoms with van der Waals surface area (Å²) in [5.41, 5.74) is 1.49. The van der Waals surface area contributed by atoms with Crippen molar-refractivity contribution in [3.63, 3.8) is 0 Å². The van der Waals surface area contributed by atoms with Crippen molar-refractivity contribution < 1.29 is 13.2 Å². The standard InChI is InChI=1S/C20H26N4O3S2/c1-2-23-13-10-17-18(14-23)28-20(21-17)22-19(25)15-6-8-16(9-7-15)29(26,27)24-11-4-3-5-12-24/h6-9H,2-5,10-14H2,1H3,(H,21,22,25). The molecule has 1 N–H and O–H groups in total. The molecule has 0 radical (unpaired) electrons. The zero-order valence-electron chi connectivity index (χ0n) is 16.6. The lowest BCUT2D eigenvalue weighted by atomic mass is 10.2. The number of nitrogens with one attached hydrogen (secondary N) is 1. The van der Waals surface area contributed by atoms with Gasteiger partial charge in [-0.2, -0.15) is 4.31 Å². The first-order chi connectivity index (χ1) is 14.0. The van der Waals surface area contributed by atoms with Crippen molar-refractivity contribution in [1.82, 2.24) is 14.2 Å². The molecule has 0 atom stereocenters. The van der Waals surface area contributed by atoms with Crippen LogP contribution in [0.1, 0.15) is 47.1 Å². The molecule has 1 fully saturated rings. The highest BCUT2D eigenvalue weighted by atomic mass is 32.2. The second kappa shape index (κ2) is 8.51. The number of sulfonamides is 1. The molecule has 156 valence electrons. The Balaban J connectivity index is 1.44. The number of fused-ring (bicyclic) bond motifs is 1. The van der Waals surface area contributed by atoms with E-state index in [1.807, 2.05) is 0 Å². The Bertz CT molecular complexity index is 980. The van der Waals surface area contributed by atoms with E-state index in [-0.39, 0.29) is 10.8 Å². The lowest BCUT2D eigenvalue weighted by Crippen LogP contribution is -2.35. The summed E-state index contributed by atoms with van der Waals surface area (Å²) in [6, 6.07) is 6.17. The average Bonchev–Trinajstić information content (AvgIpc) is 3.15. The van der Waals surface area contributed by atoms with Crippen molar-refractivity contribution in [3.8, 4) is 0 Å². The number of aromatic nitrogens is 1. The van der Waals surface area contributed by atoms with Crippen LogP contribution in [0.3, 0.4) is 0 Å². The minimum Gasteiger partial charge on any atom is -0.298 e. The molecule has 3 heterocycles. The molecule has 0 saturated carbocycles. The fourth-order valence-electron chi connectivity index (χ4n) is 3.77. The second-order valence-electron chi connectivity index (χ2n) is 7.45. The maximum atomic E-state index is 12.7. The van der Waals surface area contributed by atoms with Crippen LogP contribution in [0.2, 0.25) is 0 Å². The van der Waals surface area contributed by atoms with Crippen molar-refractivity contribution in [2.75, 3.05) is 31.5 Å². The minimum atomic E-state index is -3.49. The van der Waals surface area contributed by atoms with E-state index in [9.17, 15) is 13.2 Å². The van der Waals surface area contributed by atoms with Crippen LogP contribution in [0, 0.1) is 0 Å². The maximum Gasteiger partial charge on any atom is 0.257 e. The minimum absolute atomic E-state index is 0.236. The SMILES string of the molecule is CCN1CCc2nc(NC(=O)c3ccc(S(=O)(=O)N4CCCCC4)cc3)sc2C1. The van der Waals surface area contributed by atoms with E-state index in [1.54, 1.807) is 12.1 Å². The van der Waals surface area contributed by atoms with E-state index in [4.69, 9.17) is 0 Å². The van der Waals surface area contributed by atoms with Crippen molar-refractivity contribution >= 4 is 32.4 Å². The normalized spacial score (nSPS) is 18.4. The van der Waals surface area contributed by atoms with Gasteiger partial charge < -0.3 is 0 Å². The van der Waals surface area contributed by atoms with Gasteiger partial charge in [0.2, 0.25) is 10.0 Å². The Morgan fingerprint density at radius 2 is 1.86 bits per heavy atom. The van der Waals surface area contributed by atoms with Crippen molar-refractivity contribution in [2.45, 2.75) is 44.0 Å². The molecular weight excluding hydrogens is 408 g/mol. The average molecular weight is 435 g/mol. The van der Waals surface area contributed by atoms with E-state index in [0.717, 1.165) is 51.0 Å². The Hall–Kier alpha value is -1.81. The smallest absolute Gasteiger partial charge is 0.257 e. The van der Waals surface area contributed by atoms with Gasteiger partial charge in [0, 0.05) is 43.0 Å². The predicted octanol–water partition coefficient (Wildman–Crippen LogP) is 2.95. The van der Waals surface area contributed by atoms with Gasteiger partial charge in [0.1, 0.15) is 0 Å². The number of anilines is 1. The molecule has 1 saturated heterocycles. The number of likely N-dealkylation sites (N-methyl/N-ethyl adjacent to an activating group) is 1. The summed E-state index contributed by atoms with van der Waals surface area (Å²) in [5.74, 6) is -0.273. The molecule has 29 heavy (non-hydrogen) atoms. The number of carbonyl (C=O) groups excluding carboxylic acids is 1. The van der Waals surface area contributed by atoms with Crippen LogP contribution >= 0.6 is 11.3 Å². The summed E-state index contributed by atoms with van der Waals surface area (Å²) in [6.45, 7) is 6.15. The Kier molecular flexibility index (Phi) is 6.00. The van der Waals surface area contributed by atoms with Crippen LogP contribution in [0.4, 0.5) is 5.13 Å². The quantitative estimate of drug-likeness (QED) is 0.782. The number of piperidine rings is 1. The predicted molar refractivity (Wildman–Crippen MR) is 114 cm³/mol. The molecule has 7 nitrogen and oxygen atoms in total. The first-order valence-corrected chi connectivity index (χ1v) is 12.4. The fourth-order valence-corrected chi connectivity index (χ4v) is 6.34. The van der Waals surface area contributed by atoms with Gasteiger partial charge >= 0.3 is 0 Å². The first-order valence-electron chi connectivity index (χ1n) is 10.1. The molecule has 0 aliphatic carbocycles. The van der Waals surface area contributed by atoms with E-state index < -0.39 is 10.0 Å². The molecule has 1 aromatic carbocycles. The van der Waals surface area contributed by atoms with Gasteiger partial charge in [0.25, 0.3) is 5.91 Å². The second-order valence-corrected chi connectivity index (χ2v) is 10.5. The zero-order chi connectivity index (χ0) is 20.4. The van der Waals surface area contributed by atoms with Crippen LogP contribution in [0.15, 0.2) is 29.2 Å². The van der Waals surface area contributed by atoms with E-state index in [1.165, 1.54) is 32.7 Å². The molecule has 2 aliphatic heterocycles. The third-order valence-electron chi connectivity index (χ3n) is 5.55.